The van der Waals surface area contributed by atoms with Gasteiger partial charge in [-0.3, -0.25) is 10.1 Å². The van der Waals surface area contributed by atoms with Gasteiger partial charge in [0, 0.05) is 13.0 Å². The zero-order chi connectivity index (χ0) is 20.1. The van der Waals surface area contributed by atoms with Gasteiger partial charge >= 0.3 is 6.01 Å². The van der Waals surface area contributed by atoms with Crippen molar-refractivity contribution in [2.75, 3.05) is 5.32 Å². The predicted octanol–water partition coefficient (Wildman–Crippen LogP) is 3.64. The van der Waals surface area contributed by atoms with Crippen molar-refractivity contribution in [1.82, 2.24) is 15.5 Å². The molecule has 0 saturated heterocycles. The molecule has 0 radical (unpaired) electrons. The molecule has 2 N–H and O–H groups in total. The van der Waals surface area contributed by atoms with Crippen LogP contribution < -0.4 is 15.4 Å². The maximum absolute atomic E-state index is 11.0. The van der Waals surface area contributed by atoms with Crippen LogP contribution >= 0.6 is 0 Å². The summed E-state index contributed by atoms with van der Waals surface area (Å²) in [6.07, 6.45) is 2.13. The second-order valence-electron chi connectivity index (χ2n) is 7.27. The van der Waals surface area contributed by atoms with E-state index in [9.17, 15) is 4.79 Å². The predicted molar refractivity (Wildman–Crippen MR) is 108 cm³/mol. The molecule has 1 aliphatic rings. The van der Waals surface area contributed by atoms with E-state index in [2.05, 4.69) is 45.1 Å². The van der Waals surface area contributed by atoms with Crippen molar-refractivity contribution in [3.05, 3.63) is 71.6 Å². The summed E-state index contributed by atoms with van der Waals surface area (Å²) in [5.74, 6) is 1.68. The van der Waals surface area contributed by atoms with Gasteiger partial charge in [0.05, 0.1) is 6.54 Å². The van der Waals surface area contributed by atoms with Crippen LogP contribution in [0.15, 0.2) is 59.0 Å². The first-order valence-electron chi connectivity index (χ1n) is 9.76. The largest absolute Gasteiger partial charge is 0.489 e. The van der Waals surface area contributed by atoms with E-state index in [-0.39, 0.29) is 11.9 Å². The molecule has 3 aromatic rings. The average Bonchev–Trinajstić information content (AvgIpc) is 3.13. The van der Waals surface area contributed by atoms with E-state index >= 15 is 0 Å². The Kier molecular flexibility index (Phi) is 5.86. The summed E-state index contributed by atoms with van der Waals surface area (Å²) in [5, 5.41) is 13.6. The van der Waals surface area contributed by atoms with Crippen LogP contribution in [0.2, 0.25) is 0 Å². The lowest BCUT2D eigenvalue weighted by Crippen LogP contribution is -2.39. The molecule has 0 atom stereocenters. The monoisotopic (exact) mass is 392 g/mol. The van der Waals surface area contributed by atoms with E-state index in [4.69, 9.17) is 9.15 Å². The van der Waals surface area contributed by atoms with Crippen LogP contribution in [0.1, 0.15) is 42.7 Å². The third-order valence-electron chi connectivity index (χ3n) is 5.03. The standard InChI is InChI=1S/C22H24N4O3/c1-15(27)24-22-26-25-21(29-22)13-23-19-11-18(12-19)17-7-9-20(10-8-17)28-14-16-5-3-2-4-6-16/h2-10,18-19,23H,11-14H2,1H3,(H,24,26,27). The maximum atomic E-state index is 11.0. The fourth-order valence-corrected chi connectivity index (χ4v) is 3.39. The number of nitrogens with zero attached hydrogens (tertiary/aromatic N) is 2. The molecule has 0 aliphatic heterocycles. The fourth-order valence-electron chi connectivity index (χ4n) is 3.39. The fraction of sp³-hybridized carbons (Fsp3) is 0.318. The molecule has 1 fully saturated rings. The lowest BCUT2D eigenvalue weighted by atomic mass is 9.76. The number of hydrogen-bond donors (Lipinski definition) is 2. The number of ether oxygens (including phenoxy) is 1. The first-order chi connectivity index (χ1) is 14.2. The molecule has 1 saturated carbocycles. The average molecular weight is 392 g/mol. The normalized spacial score (nSPS) is 18.1. The van der Waals surface area contributed by atoms with E-state index in [1.165, 1.54) is 12.5 Å². The van der Waals surface area contributed by atoms with Gasteiger partial charge in [0.1, 0.15) is 12.4 Å². The van der Waals surface area contributed by atoms with Crippen molar-refractivity contribution in [2.45, 2.75) is 44.9 Å². The second-order valence-corrected chi connectivity index (χ2v) is 7.27. The highest BCUT2D eigenvalue weighted by Crippen LogP contribution is 2.37. The summed E-state index contributed by atoms with van der Waals surface area (Å²) in [5.41, 5.74) is 2.50. The first-order valence-corrected chi connectivity index (χ1v) is 9.76. The van der Waals surface area contributed by atoms with Gasteiger partial charge in [-0.15, -0.1) is 5.10 Å². The Balaban J connectivity index is 1.19. The lowest BCUT2D eigenvalue weighted by molar-refractivity contribution is -0.114. The maximum Gasteiger partial charge on any atom is 0.322 e. The summed E-state index contributed by atoms with van der Waals surface area (Å²) in [7, 11) is 0. The van der Waals surface area contributed by atoms with E-state index in [1.807, 2.05) is 30.3 Å². The second kappa shape index (κ2) is 8.87. The Morgan fingerprint density at radius 1 is 1.10 bits per heavy atom. The summed E-state index contributed by atoms with van der Waals surface area (Å²) in [4.78, 5) is 11.0. The quantitative estimate of drug-likeness (QED) is 0.608. The zero-order valence-corrected chi connectivity index (χ0v) is 16.3. The van der Waals surface area contributed by atoms with Crippen LogP contribution in [0.25, 0.3) is 0 Å². The van der Waals surface area contributed by atoms with Gasteiger partial charge < -0.3 is 14.5 Å². The minimum Gasteiger partial charge on any atom is -0.489 e. The first kappa shape index (κ1) is 19.1. The number of aromatic nitrogens is 2. The highest BCUT2D eigenvalue weighted by atomic mass is 16.5. The number of anilines is 1. The van der Waals surface area contributed by atoms with Crippen LogP contribution in [0.4, 0.5) is 6.01 Å². The van der Waals surface area contributed by atoms with Crippen LogP contribution in [-0.2, 0) is 17.9 Å². The third kappa shape index (κ3) is 5.20. The molecule has 2 aromatic carbocycles. The molecule has 0 bridgehead atoms. The van der Waals surface area contributed by atoms with Gasteiger partial charge in [0.2, 0.25) is 11.8 Å². The molecule has 29 heavy (non-hydrogen) atoms. The smallest absolute Gasteiger partial charge is 0.322 e. The van der Waals surface area contributed by atoms with Gasteiger partial charge in [0.15, 0.2) is 0 Å². The molecular weight excluding hydrogens is 368 g/mol. The Bertz CT molecular complexity index is 934. The van der Waals surface area contributed by atoms with Gasteiger partial charge in [-0.1, -0.05) is 47.6 Å². The molecule has 1 heterocycles. The van der Waals surface area contributed by atoms with E-state index in [0.29, 0.717) is 31.0 Å². The van der Waals surface area contributed by atoms with Crippen molar-refractivity contribution in [2.24, 2.45) is 0 Å². The van der Waals surface area contributed by atoms with Crippen LogP contribution in [0, 0.1) is 0 Å². The van der Waals surface area contributed by atoms with Crippen LogP contribution in [0.5, 0.6) is 5.75 Å². The van der Waals surface area contributed by atoms with Gasteiger partial charge in [-0.25, -0.2) is 0 Å². The van der Waals surface area contributed by atoms with Crippen molar-refractivity contribution in [3.63, 3.8) is 0 Å². The SMILES string of the molecule is CC(=O)Nc1nnc(CNC2CC(c3ccc(OCc4ccccc4)cc3)C2)o1. The van der Waals surface area contributed by atoms with Crippen LogP contribution in [-0.4, -0.2) is 22.1 Å². The third-order valence-corrected chi connectivity index (χ3v) is 5.03. The summed E-state index contributed by atoms with van der Waals surface area (Å²) >= 11 is 0. The molecule has 4 rings (SSSR count). The lowest BCUT2D eigenvalue weighted by Gasteiger charge is -2.36. The summed E-state index contributed by atoms with van der Waals surface area (Å²) < 4.78 is 11.2. The molecule has 7 heteroatoms. The Labute approximate surface area is 169 Å². The number of rotatable bonds is 8. The Hall–Kier alpha value is -3.19. The summed E-state index contributed by atoms with van der Waals surface area (Å²) in [6.45, 7) is 2.48. The number of carbonyl (C=O) groups excluding carboxylic acids is 1. The number of carbonyl (C=O) groups is 1. The number of benzene rings is 2. The molecular formula is C22H24N4O3. The van der Waals surface area contributed by atoms with Crippen molar-refractivity contribution in [1.29, 1.82) is 0 Å². The molecule has 1 aliphatic carbocycles. The van der Waals surface area contributed by atoms with Gasteiger partial charge in [-0.2, -0.15) is 0 Å². The van der Waals surface area contributed by atoms with E-state index in [0.717, 1.165) is 24.2 Å². The Morgan fingerprint density at radius 2 is 1.86 bits per heavy atom. The van der Waals surface area contributed by atoms with E-state index in [1.54, 1.807) is 0 Å². The topological polar surface area (TPSA) is 89.3 Å². The molecule has 1 amide bonds. The van der Waals surface area contributed by atoms with Crippen LogP contribution in [0.3, 0.4) is 0 Å². The van der Waals surface area contributed by atoms with Crippen molar-refractivity contribution >= 4 is 11.9 Å². The van der Waals surface area contributed by atoms with E-state index < -0.39 is 0 Å². The minimum atomic E-state index is -0.230. The van der Waals surface area contributed by atoms with Gasteiger partial charge in [0.25, 0.3) is 0 Å². The highest BCUT2D eigenvalue weighted by Gasteiger charge is 2.30. The molecule has 0 unspecified atom stereocenters. The molecule has 7 nitrogen and oxygen atoms in total. The number of amides is 1. The van der Waals surface area contributed by atoms with Crippen molar-refractivity contribution in [3.8, 4) is 5.75 Å². The highest BCUT2D eigenvalue weighted by molar-refractivity contribution is 5.86. The Morgan fingerprint density at radius 3 is 2.59 bits per heavy atom. The van der Waals surface area contributed by atoms with Gasteiger partial charge in [-0.05, 0) is 42.0 Å². The van der Waals surface area contributed by atoms with Crippen molar-refractivity contribution < 1.29 is 13.9 Å². The number of nitrogens with one attached hydrogen (secondary N) is 2. The number of hydrogen-bond acceptors (Lipinski definition) is 6. The summed E-state index contributed by atoms with van der Waals surface area (Å²) in [6, 6.07) is 19.1. The molecule has 1 aromatic heterocycles. The minimum absolute atomic E-state index is 0.135. The molecule has 150 valence electrons. The zero-order valence-electron chi connectivity index (χ0n) is 16.3. The molecule has 0 spiro atoms.